The van der Waals surface area contributed by atoms with Gasteiger partial charge < -0.3 is 34.6 Å². The molecular formula is C28H40N4O6. The van der Waals surface area contributed by atoms with E-state index in [9.17, 15) is 9.59 Å². The van der Waals surface area contributed by atoms with Gasteiger partial charge in [-0.25, -0.2) is 14.6 Å². The zero-order chi connectivity index (χ0) is 27.0. The number of hydrogen-bond acceptors (Lipinski definition) is 9. The van der Waals surface area contributed by atoms with Crippen molar-refractivity contribution < 1.29 is 28.2 Å². The molecule has 38 heavy (non-hydrogen) atoms. The van der Waals surface area contributed by atoms with Gasteiger partial charge in [-0.05, 0) is 71.0 Å². The standard InChI is InChI=1S/C28H40N4O6/c1-28(2,3)38-27(34)36-24-17-32-22(14-19-7-9-21(10-8-19)23-16-30-18-35-23)25(24)37-26(33)31-13-11-20-6-4-5-12-29-15-20/h7-10,16,18,20,22,24-25,29,32H,4-6,11-15,17H2,1-3H3,(H,31,33)/t20-,22+,24-,25-/m0/s1. The molecule has 1 aromatic heterocycles. The summed E-state index contributed by atoms with van der Waals surface area (Å²) in [5.74, 6) is 1.24. The van der Waals surface area contributed by atoms with Gasteiger partial charge in [0, 0.05) is 18.7 Å². The molecule has 10 nitrogen and oxygen atoms in total. The van der Waals surface area contributed by atoms with E-state index in [1.807, 2.05) is 24.3 Å². The van der Waals surface area contributed by atoms with Gasteiger partial charge in [-0.15, -0.1) is 0 Å². The van der Waals surface area contributed by atoms with E-state index >= 15 is 0 Å². The lowest BCUT2D eigenvalue weighted by Gasteiger charge is -2.26. The van der Waals surface area contributed by atoms with E-state index in [1.54, 1.807) is 27.0 Å². The number of rotatable bonds is 8. The molecule has 2 fully saturated rings. The summed E-state index contributed by atoms with van der Waals surface area (Å²) >= 11 is 0. The molecule has 3 heterocycles. The van der Waals surface area contributed by atoms with Gasteiger partial charge in [0.25, 0.3) is 0 Å². The fourth-order valence-electron chi connectivity index (χ4n) is 4.91. The maximum absolute atomic E-state index is 12.8. The largest absolute Gasteiger partial charge is 0.509 e. The van der Waals surface area contributed by atoms with Gasteiger partial charge >= 0.3 is 12.2 Å². The number of alkyl carbamates (subject to hydrolysis) is 1. The second kappa shape index (κ2) is 13.1. The number of ether oxygens (including phenoxy) is 3. The van der Waals surface area contributed by atoms with E-state index in [0.29, 0.717) is 31.2 Å². The average Bonchev–Trinajstić information content (AvgIpc) is 3.44. The number of benzene rings is 1. The maximum atomic E-state index is 12.8. The first-order valence-corrected chi connectivity index (χ1v) is 13.5. The van der Waals surface area contributed by atoms with Crippen LogP contribution < -0.4 is 16.0 Å². The van der Waals surface area contributed by atoms with Crippen LogP contribution in [0.15, 0.2) is 41.3 Å². The smallest absolute Gasteiger partial charge is 0.444 e. The first kappa shape index (κ1) is 27.9. The van der Waals surface area contributed by atoms with E-state index in [4.69, 9.17) is 18.6 Å². The second-order valence-electron chi connectivity index (χ2n) is 11.1. The summed E-state index contributed by atoms with van der Waals surface area (Å²) in [6.45, 7) is 8.26. The minimum atomic E-state index is -0.781. The molecule has 0 unspecified atom stereocenters. The minimum Gasteiger partial charge on any atom is -0.444 e. The Balaban J connectivity index is 1.36. The molecule has 1 amide bonds. The monoisotopic (exact) mass is 528 g/mol. The van der Waals surface area contributed by atoms with Crippen LogP contribution >= 0.6 is 0 Å². The second-order valence-corrected chi connectivity index (χ2v) is 11.1. The summed E-state index contributed by atoms with van der Waals surface area (Å²) in [4.78, 5) is 29.1. The third-order valence-corrected chi connectivity index (χ3v) is 6.82. The molecule has 4 rings (SSSR count). The molecule has 0 bridgehead atoms. The van der Waals surface area contributed by atoms with Crippen molar-refractivity contribution in [3.8, 4) is 11.3 Å². The zero-order valence-electron chi connectivity index (χ0n) is 22.5. The number of amides is 1. The van der Waals surface area contributed by atoms with Crippen LogP contribution in [0.25, 0.3) is 11.3 Å². The van der Waals surface area contributed by atoms with E-state index in [2.05, 4.69) is 20.9 Å². The van der Waals surface area contributed by atoms with Crippen LogP contribution in [-0.4, -0.2) is 67.3 Å². The molecule has 0 aliphatic carbocycles. The molecule has 208 valence electrons. The summed E-state index contributed by atoms with van der Waals surface area (Å²) in [7, 11) is 0. The third kappa shape index (κ3) is 8.46. The molecule has 2 aliphatic rings. The lowest BCUT2D eigenvalue weighted by molar-refractivity contribution is -0.0518. The predicted octanol–water partition coefficient (Wildman–Crippen LogP) is 4.05. The Morgan fingerprint density at radius 3 is 2.68 bits per heavy atom. The molecular weight excluding hydrogens is 488 g/mol. The summed E-state index contributed by atoms with van der Waals surface area (Å²) in [6, 6.07) is 7.68. The van der Waals surface area contributed by atoms with E-state index < -0.39 is 30.1 Å². The number of carbonyl (C=O) groups is 2. The molecule has 4 atom stereocenters. The molecule has 3 N–H and O–H groups in total. The number of carbonyl (C=O) groups excluding carboxylic acids is 2. The van der Waals surface area contributed by atoms with Crippen molar-refractivity contribution in [1.82, 2.24) is 20.9 Å². The van der Waals surface area contributed by atoms with Gasteiger partial charge in [0.05, 0.1) is 12.2 Å². The highest BCUT2D eigenvalue weighted by molar-refractivity contribution is 5.67. The van der Waals surface area contributed by atoms with Crippen molar-refractivity contribution in [3.63, 3.8) is 0 Å². The number of nitrogens with zero attached hydrogens (tertiary/aromatic N) is 1. The van der Waals surface area contributed by atoms with E-state index in [1.165, 1.54) is 25.7 Å². The van der Waals surface area contributed by atoms with Crippen molar-refractivity contribution in [2.45, 2.75) is 76.7 Å². The molecule has 10 heteroatoms. The molecule has 1 aromatic carbocycles. The Kier molecular flexibility index (Phi) is 9.63. The third-order valence-electron chi connectivity index (χ3n) is 6.82. The van der Waals surface area contributed by atoms with Crippen LogP contribution in [0.2, 0.25) is 0 Å². The summed E-state index contributed by atoms with van der Waals surface area (Å²) in [5.41, 5.74) is 1.28. The van der Waals surface area contributed by atoms with Crippen molar-refractivity contribution >= 4 is 12.2 Å². The lowest BCUT2D eigenvalue weighted by Crippen LogP contribution is -2.43. The van der Waals surface area contributed by atoms with Crippen LogP contribution in [0.4, 0.5) is 9.59 Å². The van der Waals surface area contributed by atoms with Gasteiger partial charge in [0.2, 0.25) is 0 Å². The average molecular weight is 529 g/mol. The molecule has 0 saturated carbocycles. The van der Waals surface area contributed by atoms with Gasteiger partial charge in [-0.2, -0.15) is 0 Å². The van der Waals surface area contributed by atoms with E-state index in [-0.39, 0.29) is 6.04 Å². The lowest BCUT2D eigenvalue weighted by atomic mass is 10.00. The summed E-state index contributed by atoms with van der Waals surface area (Å²) < 4.78 is 22.1. The van der Waals surface area contributed by atoms with Crippen LogP contribution in [0.5, 0.6) is 0 Å². The van der Waals surface area contributed by atoms with Crippen LogP contribution in [-0.2, 0) is 20.6 Å². The van der Waals surface area contributed by atoms with Crippen molar-refractivity contribution in [1.29, 1.82) is 0 Å². The van der Waals surface area contributed by atoms with Crippen LogP contribution in [0.1, 0.15) is 52.0 Å². The highest BCUT2D eigenvalue weighted by Gasteiger charge is 2.42. The molecule has 0 spiro atoms. The van der Waals surface area contributed by atoms with Crippen LogP contribution in [0, 0.1) is 5.92 Å². The van der Waals surface area contributed by atoms with Gasteiger partial charge in [-0.3, -0.25) is 0 Å². The number of aromatic nitrogens is 1. The Labute approximate surface area is 224 Å². The Morgan fingerprint density at radius 2 is 1.95 bits per heavy atom. The van der Waals surface area contributed by atoms with Crippen LogP contribution in [0.3, 0.4) is 0 Å². The number of nitrogens with one attached hydrogen (secondary N) is 3. The Morgan fingerprint density at radius 1 is 1.13 bits per heavy atom. The topological polar surface area (TPSA) is 124 Å². The molecule has 2 saturated heterocycles. The molecule has 0 radical (unpaired) electrons. The first-order valence-electron chi connectivity index (χ1n) is 13.5. The first-order chi connectivity index (χ1) is 18.3. The normalized spacial score (nSPS) is 23.9. The minimum absolute atomic E-state index is 0.240. The maximum Gasteiger partial charge on any atom is 0.509 e. The zero-order valence-corrected chi connectivity index (χ0v) is 22.5. The fraction of sp³-hybridized carbons (Fsp3) is 0.607. The highest BCUT2D eigenvalue weighted by atomic mass is 16.7. The van der Waals surface area contributed by atoms with Gasteiger partial charge in [0.15, 0.2) is 24.4 Å². The number of hydrogen-bond donors (Lipinski definition) is 3. The fourth-order valence-corrected chi connectivity index (χ4v) is 4.91. The van der Waals surface area contributed by atoms with Crippen molar-refractivity contribution in [2.75, 3.05) is 26.2 Å². The highest BCUT2D eigenvalue weighted by Crippen LogP contribution is 2.24. The predicted molar refractivity (Wildman–Crippen MR) is 142 cm³/mol. The SMILES string of the molecule is CC(C)(C)OC(=O)O[C@H]1CN[C@H](Cc2ccc(-c3cnco3)cc2)[C@@H]1OC(=O)NCC[C@@H]1CCCCNC1. The van der Waals surface area contributed by atoms with Crippen molar-refractivity contribution in [3.05, 3.63) is 42.4 Å². The van der Waals surface area contributed by atoms with Crippen molar-refractivity contribution in [2.24, 2.45) is 5.92 Å². The number of oxazole rings is 1. The van der Waals surface area contributed by atoms with Gasteiger partial charge in [0.1, 0.15) is 5.60 Å². The van der Waals surface area contributed by atoms with E-state index in [0.717, 1.165) is 30.6 Å². The summed E-state index contributed by atoms with van der Waals surface area (Å²) in [5, 5.41) is 9.71. The summed E-state index contributed by atoms with van der Waals surface area (Å²) in [6.07, 6.45) is 5.48. The Bertz CT molecular complexity index is 1010. The molecule has 2 aromatic rings. The molecule has 2 aliphatic heterocycles. The Hall–Kier alpha value is -3.11. The van der Waals surface area contributed by atoms with Gasteiger partial charge in [-0.1, -0.05) is 30.7 Å². The quantitative estimate of drug-likeness (QED) is 0.435.